The Morgan fingerprint density at radius 3 is 2.44 bits per heavy atom. The average Bonchev–Trinajstić information content (AvgIpc) is 3.40. The van der Waals surface area contributed by atoms with Crippen LogP contribution in [0.2, 0.25) is 0 Å². The Hall–Kier alpha value is -2.51. The number of rotatable bonds is 6. The third-order valence-corrected chi connectivity index (χ3v) is 6.86. The number of amides is 1. The van der Waals surface area contributed by atoms with Gasteiger partial charge in [0.1, 0.15) is 5.82 Å². The van der Waals surface area contributed by atoms with Crippen molar-refractivity contribution in [2.75, 3.05) is 43.4 Å². The molecule has 1 aromatic carbocycles. The standard InChI is InChI=1S/C25H33N5O2/c1-17(31)26-22-4-2-19(3-5-22)24-6-7-25(29-28-24)27-23-12-20-15-30(16-21(20)13-23)14-18-8-10-32-11-9-18/h2-7,18,20-21,23H,8-16H2,1H3,(H,26,31)(H,27,29)/t20-,21+,23?/i14D2. The second-order valence-corrected chi connectivity index (χ2v) is 9.32. The van der Waals surface area contributed by atoms with E-state index in [0.717, 1.165) is 61.5 Å². The van der Waals surface area contributed by atoms with Gasteiger partial charge in [0, 0.05) is 59.8 Å². The molecule has 2 aliphatic heterocycles. The first kappa shape index (κ1) is 19.0. The summed E-state index contributed by atoms with van der Waals surface area (Å²) in [7, 11) is 0. The monoisotopic (exact) mass is 437 g/mol. The zero-order valence-electron chi connectivity index (χ0n) is 20.6. The molecular formula is C25H33N5O2. The van der Waals surface area contributed by atoms with Gasteiger partial charge in [-0.25, -0.2) is 0 Å². The molecule has 170 valence electrons. The Balaban J connectivity index is 1.14. The Bertz CT molecular complexity index is 981. The highest BCUT2D eigenvalue weighted by molar-refractivity contribution is 5.88. The van der Waals surface area contributed by atoms with Crippen LogP contribution in [-0.2, 0) is 9.53 Å². The summed E-state index contributed by atoms with van der Waals surface area (Å²) in [6, 6.07) is 11.8. The number of carbonyl (C=O) groups is 1. The summed E-state index contributed by atoms with van der Waals surface area (Å²) in [5.74, 6) is 1.82. The molecule has 1 saturated carbocycles. The summed E-state index contributed by atoms with van der Waals surface area (Å²) in [6.07, 6.45) is 3.71. The highest BCUT2D eigenvalue weighted by Gasteiger charge is 2.41. The maximum Gasteiger partial charge on any atom is 0.221 e. The molecule has 32 heavy (non-hydrogen) atoms. The second-order valence-electron chi connectivity index (χ2n) is 9.32. The molecule has 3 atom stereocenters. The van der Waals surface area contributed by atoms with E-state index in [9.17, 15) is 4.79 Å². The molecule has 0 radical (unpaired) electrons. The average molecular weight is 438 g/mol. The topological polar surface area (TPSA) is 79.4 Å². The van der Waals surface area contributed by atoms with Crippen molar-refractivity contribution in [3.8, 4) is 11.3 Å². The summed E-state index contributed by atoms with van der Waals surface area (Å²) < 4.78 is 22.9. The minimum atomic E-state index is -1.24. The summed E-state index contributed by atoms with van der Waals surface area (Å²) in [5, 5.41) is 15.1. The van der Waals surface area contributed by atoms with E-state index in [0.29, 0.717) is 31.1 Å². The number of nitrogens with zero attached hydrogens (tertiary/aromatic N) is 3. The van der Waals surface area contributed by atoms with Crippen molar-refractivity contribution in [2.24, 2.45) is 17.8 Å². The van der Waals surface area contributed by atoms with Crippen LogP contribution in [0.5, 0.6) is 0 Å². The van der Waals surface area contributed by atoms with Gasteiger partial charge in [-0.3, -0.25) is 4.79 Å². The molecular weight excluding hydrogens is 402 g/mol. The molecule has 2 N–H and O–H groups in total. The fourth-order valence-corrected chi connectivity index (χ4v) is 5.31. The molecule has 0 bridgehead atoms. The number of aromatic nitrogens is 2. The smallest absolute Gasteiger partial charge is 0.221 e. The minimum Gasteiger partial charge on any atom is -0.381 e. The van der Waals surface area contributed by atoms with Crippen LogP contribution in [0.25, 0.3) is 11.3 Å². The Morgan fingerprint density at radius 2 is 1.81 bits per heavy atom. The number of benzene rings is 1. The molecule has 2 saturated heterocycles. The number of fused-ring (bicyclic) bond motifs is 1. The summed E-state index contributed by atoms with van der Waals surface area (Å²) in [4.78, 5) is 13.3. The predicted molar refractivity (Wildman–Crippen MR) is 125 cm³/mol. The van der Waals surface area contributed by atoms with E-state index < -0.39 is 6.50 Å². The molecule has 3 aliphatic rings. The van der Waals surface area contributed by atoms with E-state index in [1.54, 1.807) is 0 Å². The van der Waals surface area contributed by atoms with Gasteiger partial charge < -0.3 is 20.3 Å². The molecule has 3 fully saturated rings. The third kappa shape index (κ3) is 5.10. The number of anilines is 2. The Labute approximate surface area is 192 Å². The van der Waals surface area contributed by atoms with Crippen molar-refractivity contribution in [1.82, 2.24) is 15.1 Å². The van der Waals surface area contributed by atoms with E-state index in [2.05, 4.69) is 25.7 Å². The van der Waals surface area contributed by atoms with Gasteiger partial charge in [0.15, 0.2) is 0 Å². The Kier molecular flexibility index (Phi) is 5.67. The largest absolute Gasteiger partial charge is 0.381 e. The van der Waals surface area contributed by atoms with Crippen molar-refractivity contribution in [1.29, 1.82) is 0 Å². The zero-order chi connectivity index (χ0) is 23.7. The Morgan fingerprint density at radius 1 is 1.09 bits per heavy atom. The number of hydrogen-bond donors (Lipinski definition) is 2. The van der Waals surface area contributed by atoms with Crippen LogP contribution in [0, 0.1) is 17.8 Å². The van der Waals surface area contributed by atoms with E-state index in [1.165, 1.54) is 6.92 Å². The molecule has 7 heteroatoms. The minimum absolute atomic E-state index is 0.0735. The zero-order valence-corrected chi connectivity index (χ0v) is 18.6. The maximum absolute atomic E-state index is 11.2. The lowest BCUT2D eigenvalue weighted by molar-refractivity contribution is -0.114. The van der Waals surface area contributed by atoms with E-state index in [-0.39, 0.29) is 11.8 Å². The molecule has 7 nitrogen and oxygen atoms in total. The van der Waals surface area contributed by atoms with Gasteiger partial charge in [-0.15, -0.1) is 10.2 Å². The van der Waals surface area contributed by atoms with Crippen molar-refractivity contribution in [3.05, 3.63) is 36.4 Å². The summed E-state index contributed by atoms with van der Waals surface area (Å²) in [6.45, 7) is 3.29. The normalized spacial score (nSPS) is 27.5. The predicted octanol–water partition coefficient (Wildman–Crippen LogP) is 3.65. The molecule has 1 aromatic heterocycles. The lowest BCUT2D eigenvalue weighted by Crippen LogP contribution is -2.32. The van der Waals surface area contributed by atoms with Gasteiger partial charge in [0.25, 0.3) is 0 Å². The lowest BCUT2D eigenvalue weighted by atomic mass is 10.00. The van der Waals surface area contributed by atoms with Crippen LogP contribution < -0.4 is 10.6 Å². The van der Waals surface area contributed by atoms with Crippen molar-refractivity contribution in [2.45, 2.75) is 38.6 Å². The molecule has 0 spiro atoms. The first-order valence-corrected chi connectivity index (χ1v) is 11.7. The maximum atomic E-state index is 11.2. The van der Waals surface area contributed by atoms with Gasteiger partial charge in [0.05, 0.1) is 5.69 Å². The van der Waals surface area contributed by atoms with Crippen molar-refractivity contribution < 1.29 is 12.3 Å². The van der Waals surface area contributed by atoms with Crippen LogP contribution in [0.1, 0.15) is 35.3 Å². The highest BCUT2D eigenvalue weighted by atomic mass is 16.5. The van der Waals surface area contributed by atoms with Gasteiger partial charge in [-0.05, 0) is 67.7 Å². The van der Waals surface area contributed by atoms with Gasteiger partial charge >= 0.3 is 0 Å². The number of nitrogens with one attached hydrogen (secondary N) is 2. The van der Waals surface area contributed by atoms with Crippen LogP contribution in [0.4, 0.5) is 11.5 Å². The SMILES string of the molecule is [2H]C([2H])(C1CCOCC1)N1C[C@H]2CC(Nc3ccc(-c4ccc(NC(C)=O)cc4)nn3)C[C@H]2C1. The lowest BCUT2D eigenvalue weighted by Gasteiger charge is -2.27. The first-order chi connectivity index (χ1) is 16.4. The molecule has 3 heterocycles. The number of hydrogen-bond acceptors (Lipinski definition) is 6. The van der Waals surface area contributed by atoms with Gasteiger partial charge in [0.2, 0.25) is 5.91 Å². The fourth-order valence-electron chi connectivity index (χ4n) is 5.31. The highest BCUT2D eigenvalue weighted by Crippen LogP contribution is 2.39. The number of carbonyl (C=O) groups excluding carboxylic acids is 1. The molecule has 2 aromatic rings. The van der Waals surface area contributed by atoms with E-state index in [4.69, 9.17) is 7.48 Å². The van der Waals surface area contributed by atoms with E-state index >= 15 is 0 Å². The molecule has 1 unspecified atom stereocenters. The molecule has 1 amide bonds. The van der Waals surface area contributed by atoms with Crippen molar-refractivity contribution >= 4 is 17.4 Å². The quantitative estimate of drug-likeness (QED) is 0.718. The first-order valence-electron chi connectivity index (χ1n) is 12.7. The van der Waals surface area contributed by atoms with Crippen LogP contribution in [0.3, 0.4) is 0 Å². The van der Waals surface area contributed by atoms with E-state index in [1.807, 2.05) is 36.4 Å². The van der Waals surface area contributed by atoms with Gasteiger partial charge in [-0.2, -0.15) is 0 Å². The van der Waals surface area contributed by atoms with Crippen LogP contribution in [0.15, 0.2) is 36.4 Å². The molecule has 1 aliphatic carbocycles. The third-order valence-electron chi connectivity index (χ3n) is 6.86. The van der Waals surface area contributed by atoms with Crippen molar-refractivity contribution in [3.63, 3.8) is 0 Å². The van der Waals surface area contributed by atoms with Crippen LogP contribution >= 0.6 is 0 Å². The van der Waals surface area contributed by atoms with Crippen LogP contribution in [-0.4, -0.2) is 59.8 Å². The number of likely N-dealkylation sites (tertiary alicyclic amines) is 1. The summed E-state index contributed by atoms with van der Waals surface area (Å²) in [5.41, 5.74) is 2.49. The number of ether oxygens (including phenoxy) is 1. The second kappa shape index (κ2) is 9.55. The molecule has 5 rings (SSSR count). The fraction of sp³-hybridized carbons (Fsp3) is 0.560. The van der Waals surface area contributed by atoms with Gasteiger partial charge in [-0.1, -0.05) is 12.1 Å². The summed E-state index contributed by atoms with van der Waals surface area (Å²) >= 11 is 0.